The molecule has 0 radical (unpaired) electrons. The second-order valence-electron chi connectivity index (χ2n) is 4.49. The number of phenols is 1. The second kappa shape index (κ2) is 5.84. The predicted molar refractivity (Wildman–Crippen MR) is 78.3 cm³/mol. The maximum atomic E-state index is 11.4. The smallest absolute Gasteiger partial charge is 0.330 e. The van der Waals surface area contributed by atoms with Gasteiger partial charge in [0.15, 0.2) is 6.04 Å². The molecule has 3 N–H and O–H groups in total. The molecular formula is C15H14ClNO3. The summed E-state index contributed by atoms with van der Waals surface area (Å²) in [6.07, 6.45) is 0. The van der Waals surface area contributed by atoms with E-state index in [2.05, 4.69) is 5.32 Å². The van der Waals surface area contributed by atoms with Crippen molar-refractivity contribution in [3.05, 3.63) is 58.6 Å². The fourth-order valence-corrected chi connectivity index (χ4v) is 2.00. The van der Waals surface area contributed by atoms with Gasteiger partial charge in [-0.1, -0.05) is 35.4 Å². The van der Waals surface area contributed by atoms with Crippen molar-refractivity contribution in [1.82, 2.24) is 0 Å². The highest BCUT2D eigenvalue weighted by Crippen LogP contribution is 2.28. The lowest BCUT2D eigenvalue weighted by molar-refractivity contribution is -0.138. The Morgan fingerprint density at radius 1 is 1.20 bits per heavy atom. The number of aromatic hydroxyl groups is 1. The van der Waals surface area contributed by atoms with E-state index >= 15 is 0 Å². The lowest BCUT2D eigenvalue weighted by Crippen LogP contribution is -2.20. The molecule has 2 aromatic rings. The molecule has 0 aliphatic heterocycles. The fraction of sp³-hybridized carbons (Fsp3) is 0.133. The molecule has 5 heteroatoms. The van der Waals surface area contributed by atoms with Crippen molar-refractivity contribution < 1.29 is 15.0 Å². The SMILES string of the molecule is Cc1ccc(NC(C(=O)O)c2ccc(O)c(Cl)c2)cc1. The highest BCUT2D eigenvalue weighted by atomic mass is 35.5. The first kappa shape index (κ1) is 14.2. The average molecular weight is 292 g/mol. The van der Waals surface area contributed by atoms with Gasteiger partial charge in [0.25, 0.3) is 0 Å². The maximum absolute atomic E-state index is 11.4. The van der Waals surface area contributed by atoms with Crippen molar-refractivity contribution in [2.75, 3.05) is 5.32 Å². The van der Waals surface area contributed by atoms with Crippen LogP contribution in [0, 0.1) is 6.92 Å². The van der Waals surface area contributed by atoms with E-state index in [1.165, 1.54) is 18.2 Å². The third-order valence-electron chi connectivity index (χ3n) is 2.91. The van der Waals surface area contributed by atoms with E-state index < -0.39 is 12.0 Å². The molecule has 0 bridgehead atoms. The number of carboxylic acids is 1. The Morgan fingerprint density at radius 3 is 2.40 bits per heavy atom. The molecule has 2 aromatic carbocycles. The molecule has 0 saturated heterocycles. The third kappa shape index (κ3) is 3.22. The molecule has 1 atom stereocenters. The molecule has 4 nitrogen and oxygen atoms in total. The minimum absolute atomic E-state index is 0.0742. The summed E-state index contributed by atoms with van der Waals surface area (Å²) in [6, 6.07) is 10.8. The van der Waals surface area contributed by atoms with Crippen LogP contribution in [0.1, 0.15) is 17.2 Å². The number of benzene rings is 2. The van der Waals surface area contributed by atoms with Crippen molar-refractivity contribution in [1.29, 1.82) is 0 Å². The molecule has 104 valence electrons. The number of hydrogen-bond donors (Lipinski definition) is 3. The van der Waals surface area contributed by atoms with Crippen molar-refractivity contribution in [2.24, 2.45) is 0 Å². The first-order valence-electron chi connectivity index (χ1n) is 6.02. The molecule has 0 heterocycles. The van der Waals surface area contributed by atoms with Gasteiger partial charge in [-0.05, 0) is 36.8 Å². The number of aryl methyl sites for hydroxylation is 1. The molecule has 20 heavy (non-hydrogen) atoms. The van der Waals surface area contributed by atoms with Gasteiger partial charge >= 0.3 is 5.97 Å². The van der Waals surface area contributed by atoms with Gasteiger partial charge in [0.05, 0.1) is 5.02 Å². The van der Waals surface area contributed by atoms with Crippen molar-refractivity contribution in [3.63, 3.8) is 0 Å². The van der Waals surface area contributed by atoms with Crippen LogP contribution >= 0.6 is 11.6 Å². The van der Waals surface area contributed by atoms with E-state index in [9.17, 15) is 15.0 Å². The van der Waals surface area contributed by atoms with Crippen molar-refractivity contribution in [2.45, 2.75) is 13.0 Å². The van der Waals surface area contributed by atoms with Gasteiger partial charge in [0, 0.05) is 5.69 Å². The quantitative estimate of drug-likeness (QED) is 0.805. The maximum Gasteiger partial charge on any atom is 0.330 e. The number of anilines is 1. The molecule has 0 saturated carbocycles. The minimum atomic E-state index is -1.02. The normalized spacial score (nSPS) is 11.9. The van der Waals surface area contributed by atoms with E-state index in [1.807, 2.05) is 31.2 Å². The first-order chi connectivity index (χ1) is 9.47. The molecule has 0 aliphatic carbocycles. The summed E-state index contributed by atoms with van der Waals surface area (Å²) in [7, 11) is 0. The zero-order valence-electron chi connectivity index (χ0n) is 10.8. The molecule has 0 aliphatic rings. The number of rotatable bonds is 4. The van der Waals surface area contributed by atoms with Crippen LogP contribution in [0.15, 0.2) is 42.5 Å². The zero-order chi connectivity index (χ0) is 14.7. The molecule has 0 fully saturated rings. The van der Waals surface area contributed by atoms with Gasteiger partial charge in [-0.2, -0.15) is 0 Å². The number of aliphatic carboxylic acids is 1. The number of halogens is 1. The Balaban J connectivity index is 2.29. The van der Waals surface area contributed by atoms with Crippen molar-refractivity contribution >= 4 is 23.3 Å². The van der Waals surface area contributed by atoms with E-state index in [0.717, 1.165) is 5.56 Å². The lowest BCUT2D eigenvalue weighted by Gasteiger charge is -2.17. The number of carbonyl (C=O) groups is 1. The van der Waals surface area contributed by atoms with Gasteiger partial charge in [-0.3, -0.25) is 0 Å². The molecule has 0 amide bonds. The van der Waals surface area contributed by atoms with Gasteiger partial charge in [0.2, 0.25) is 0 Å². The largest absolute Gasteiger partial charge is 0.506 e. The van der Waals surface area contributed by atoms with E-state index in [4.69, 9.17) is 11.6 Å². The molecule has 0 spiro atoms. The Kier molecular flexibility index (Phi) is 4.15. The number of hydrogen-bond acceptors (Lipinski definition) is 3. The van der Waals surface area contributed by atoms with Crippen LogP contribution in [-0.4, -0.2) is 16.2 Å². The summed E-state index contributed by atoms with van der Waals surface area (Å²) >= 11 is 5.82. The van der Waals surface area contributed by atoms with Crippen LogP contribution in [0.5, 0.6) is 5.75 Å². The van der Waals surface area contributed by atoms with Crippen LogP contribution < -0.4 is 5.32 Å². The van der Waals surface area contributed by atoms with Crippen LogP contribution in [-0.2, 0) is 4.79 Å². The summed E-state index contributed by atoms with van der Waals surface area (Å²) in [5, 5.41) is 21.8. The monoisotopic (exact) mass is 291 g/mol. The Morgan fingerprint density at radius 2 is 1.85 bits per heavy atom. The number of carboxylic acid groups (broad SMARTS) is 1. The van der Waals surface area contributed by atoms with Crippen LogP contribution in [0.2, 0.25) is 5.02 Å². The Hall–Kier alpha value is -2.20. The summed E-state index contributed by atoms with van der Waals surface area (Å²) in [5.41, 5.74) is 2.27. The molecule has 0 aromatic heterocycles. The summed E-state index contributed by atoms with van der Waals surface area (Å²) < 4.78 is 0. The Labute approximate surface area is 121 Å². The predicted octanol–water partition coefficient (Wildman–Crippen LogP) is 3.59. The summed E-state index contributed by atoms with van der Waals surface area (Å²) in [4.78, 5) is 11.4. The second-order valence-corrected chi connectivity index (χ2v) is 4.90. The van der Waals surface area contributed by atoms with E-state index in [-0.39, 0.29) is 10.8 Å². The van der Waals surface area contributed by atoms with Gasteiger partial charge in [-0.25, -0.2) is 4.79 Å². The lowest BCUT2D eigenvalue weighted by atomic mass is 10.1. The third-order valence-corrected chi connectivity index (χ3v) is 3.22. The van der Waals surface area contributed by atoms with Crippen LogP contribution in [0.25, 0.3) is 0 Å². The first-order valence-corrected chi connectivity index (χ1v) is 6.39. The van der Waals surface area contributed by atoms with Gasteiger partial charge < -0.3 is 15.5 Å². The molecule has 1 unspecified atom stereocenters. The topological polar surface area (TPSA) is 69.6 Å². The van der Waals surface area contributed by atoms with E-state index in [0.29, 0.717) is 11.3 Å². The van der Waals surface area contributed by atoms with E-state index in [1.54, 1.807) is 0 Å². The highest BCUT2D eigenvalue weighted by molar-refractivity contribution is 6.32. The highest BCUT2D eigenvalue weighted by Gasteiger charge is 2.20. The molecule has 2 rings (SSSR count). The fourth-order valence-electron chi connectivity index (χ4n) is 1.81. The van der Waals surface area contributed by atoms with Gasteiger partial charge in [-0.15, -0.1) is 0 Å². The number of nitrogens with one attached hydrogen (secondary N) is 1. The van der Waals surface area contributed by atoms with Crippen LogP contribution in [0.3, 0.4) is 0 Å². The van der Waals surface area contributed by atoms with Crippen LogP contribution in [0.4, 0.5) is 5.69 Å². The van der Waals surface area contributed by atoms with Gasteiger partial charge in [0.1, 0.15) is 5.75 Å². The number of phenolic OH excluding ortho intramolecular Hbond substituents is 1. The van der Waals surface area contributed by atoms with Crippen molar-refractivity contribution in [3.8, 4) is 5.75 Å². The summed E-state index contributed by atoms with van der Waals surface area (Å²) in [6.45, 7) is 1.96. The average Bonchev–Trinajstić information content (AvgIpc) is 2.41. The zero-order valence-corrected chi connectivity index (χ0v) is 11.6. The Bertz CT molecular complexity index is 626. The standard InChI is InChI=1S/C15H14ClNO3/c1-9-2-5-11(6-3-9)17-14(15(19)20)10-4-7-13(18)12(16)8-10/h2-8,14,17-18H,1H3,(H,19,20). The molecular weight excluding hydrogens is 278 g/mol. The minimum Gasteiger partial charge on any atom is -0.506 e. The summed E-state index contributed by atoms with van der Waals surface area (Å²) in [5.74, 6) is -1.10.